The van der Waals surface area contributed by atoms with Crippen molar-refractivity contribution in [2.45, 2.75) is 202 Å². The van der Waals surface area contributed by atoms with Crippen LogP contribution in [-0.4, -0.2) is 106 Å². The maximum atomic E-state index is 16.6. The Morgan fingerprint density at radius 2 is 1.74 bits per heavy atom. The van der Waals surface area contributed by atoms with Crippen LogP contribution in [0.3, 0.4) is 0 Å². The van der Waals surface area contributed by atoms with E-state index in [1.54, 1.807) is 6.26 Å². The summed E-state index contributed by atoms with van der Waals surface area (Å²) in [4.78, 5) is 50.3. The van der Waals surface area contributed by atoms with Crippen LogP contribution in [0, 0.1) is 91.7 Å². The van der Waals surface area contributed by atoms with Gasteiger partial charge in [0.05, 0.1) is 48.5 Å². The predicted molar refractivity (Wildman–Crippen MR) is 274 cm³/mol. The number of epoxide rings is 1. The third-order valence-electron chi connectivity index (χ3n) is 27.8. The van der Waals surface area contributed by atoms with Gasteiger partial charge >= 0.3 is 11.9 Å². The number of hydrogen-bond donors (Lipinski definition) is 4. The van der Waals surface area contributed by atoms with Gasteiger partial charge in [0.2, 0.25) is 0 Å². The number of aliphatic hydroxyl groups excluding tert-OH is 3. The lowest BCUT2D eigenvalue weighted by Crippen LogP contribution is -2.82. The number of carbonyl (C=O) groups excluding carboxylic acids is 3. The largest absolute Gasteiger partial charge is 0.469 e. The van der Waals surface area contributed by atoms with Crippen molar-refractivity contribution < 1.29 is 53.1 Å². The molecule has 13 nitrogen and oxygen atoms in total. The fourth-order valence-corrected chi connectivity index (χ4v) is 25.9. The number of aliphatic hydroxyl groups is 3. The Morgan fingerprint density at radius 1 is 0.895 bits per heavy atom. The summed E-state index contributed by atoms with van der Waals surface area (Å²) in [6.07, 6.45) is 25.8. The Labute approximate surface area is 447 Å². The molecule has 14 fully saturated rings. The number of nitrogens with zero attached hydrogens (tertiary/aromatic N) is 1. The van der Waals surface area contributed by atoms with Crippen LogP contribution in [0.5, 0.6) is 0 Å². The highest BCUT2D eigenvalue weighted by molar-refractivity contribution is 5.94. The van der Waals surface area contributed by atoms with Crippen molar-refractivity contribution in [3.05, 3.63) is 47.6 Å². The molecule has 5 bridgehead atoms. The summed E-state index contributed by atoms with van der Waals surface area (Å²) in [5.74, 6) is -0.995. The van der Waals surface area contributed by atoms with Gasteiger partial charge in [0.1, 0.15) is 35.8 Å². The van der Waals surface area contributed by atoms with Crippen molar-refractivity contribution in [3.63, 3.8) is 0 Å². The molecule has 9 saturated carbocycles. The van der Waals surface area contributed by atoms with E-state index in [1.807, 2.05) is 6.07 Å². The van der Waals surface area contributed by atoms with E-state index < -0.39 is 80.7 Å². The lowest BCUT2D eigenvalue weighted by atomic mass is 9.30. The first-order chi connectivity index (χ1) is 36.7. The summed E-state index contributed by atoms with van der Waals surface area (Å²) >= 11 is 0. The van der Waals surface area contributed by atoms with Crippen molar-refractivity contribution in [1.29, 1.82) is 0 Å². The molecule has 410 valence electrons. The van der Waals surface area contributed by atoms with Crippen LogP contribution in [0.15, 0.2) is 40.7 Å². The Hall–Kier alpha value is -3.07. The fraction of sp³-hybridized carbons (Fsp3) is 0.825. The topological polar surface area (TPSA) is 181 Å². The van der Waals surface area contributed by atoms with E-state index in [0.29, 0.717) is 42.9 Å². The minimum Gasteiger partial charge on any atom is -0.469 e. The lowest BCUT2D eigenvalue weighted by molar-refractivity contribution is -0.300. The molecule has 17 rings (SSSR count). The molecule has 7 aliphatic heterocycles. The summed E-state index contributed by atoms with van der Waals surface area (Å²) < 4.78 is 36.1. The van der Waals surface area contributed by atoms with Gasteiger partial charge in [-0.3, -0.25) is 14.9 Å². The number of Topliss-reactive ketones (excluding diaryl/α,β-unsaturated/α-hetero) is 1. The van der Waals surface area contributed by atoms with Crippen LogP contribution in [0.1, 0.15) is 166 Å². The maximum Gasteiger partial charge on any atom is 0.339 e. The van der Waals surface area contributed by atoms with Gasteiger partial charge in [-0.2, -0.15) is 0 Å². The molecule has 16 aliphatic rings. The molecule has 76 heavy (non-hydrogen) atoms. The average Bonchev–Trinajstić information content (AvgIpc) is 4.15. The van der Waals surface area contributed by atoms with Crippen LogP contribution < -0.4 is 5.32 Å². The average molecular weight is 1040 g/mol. The second-order valence-corrected chi connectivity index (χ2v) is 29.8. The van der Waals surface area contributed by atoms with E-state index in [1.165, 1.54) is 37.7 Å². The monoisotopic (exact) mass is 1040 g/mol. The van der Waals surface area contributed by atoms with Crippen molar-refractivity contribution in [3.8, 4) is 0 Å². The highest BCUT2D eigenvalue weighted by atomic mass is 16.7. The first-order valence-electron chi connectivity index (χ1n) is 30.9. The van der Waals surface area contributed by atoms with Gasteiger partial charge in [-0.05, 0) is 191 Å². The number of cyclic esters (lactones) is 2. The van der Waals surface area contributed by atoms with Gasteiger partial charge in [0.15, 0.2) is 11.9 Å². The minimum atomic E-state index is -1.44. The fourth-order valence-electron chi connectivity index (χ4n) is 25.9. The first kappa shape index (κ1) is 47.7. The third kappa shape index (κ3) is 5.13. The van der Waals surface area contributed by atoms with E-state index in [-0.39, 0.29) is 71.3 Å². The number of furan rings is 1. The number of rotatable bonds is 7. The Morgan fingerprint density at radius 3 is 2.57 bits per heavy atom. The molecule has 5 saturated heterocycles. The molecular weight excluding hydrogens is 961 g/mol. The van der Waals surface area contributed by atoms with Crippen LogP contribution in [0.4, 0.5) is 0 Å². The zero-order valence-corrected chi connectivity index (χ0v) is 45.0. The number of carbonyl (C=O) groups is 3. The standard InChI is InChI=1S/C63H82N2O11/c1-55-27-36-28-59-38(13-19-58(59)21-20-57(31-58)16-6-7-17-57)25-39-12-18-56(2)48-46(68)50(69)61(37-8-4-3-5-9-37,47(36)60(48)32-73-53(70)49(59)62(39,60)76-56)63(55)52(75-63)54(71)74-51(55)41-15-23-72-45(41)26-42(44(67)30-66)34-10-11-40-35(24-34)14-22-65-33-64-29-43(40)65/h12,14-15,22-23,34-38,40,42-44,47-52,64,66-67,69H,3-11,13,16-21,24-33H2,1-2H3. The number of nitrogens with one attached hydrogen (secondary N) is 1. The zero-order valence-electron chi connectivity index (χ0n) is 45.0. The SMILES string of the molecule is CC12CC=C3CC4CCC5(CCC6(CCCC6)C5)C45CC4CC6(C)C(c7ccoc7CC(C(O)CO)C7CCC8C(C=CN9CNCC89)C7)OC(=O)C7OC76C6(C7CCCCC7)C(O)C(=O)C1C1(COC(=O)C5C31O2)C46. The minimum absolute atomic E-state index is 0.0753. The van der Waals surface area contributed by atoms with Crippen LogP contribution in [0.25, 0.3) is 0 Å². The summed E-state index contributed by atoms with van der Waals surface area (Å²) in [5.41, 5.74) is -4.74. The highest BCUT2D eigenvalue weighted by Gasteiger charge is 2.99. The maximum absolute atomic E-state index is 16.6. The number of hydrogen-bond acceptors (Lipinski definition) is 13. The molecule has 0 radical (unpaired) electrons. The Kier molecular flexibility index (Phi) is 9.59. The smallest absolute Gasteiger partial charge is 0.339 e. The predicted octanol–water partition coefficient (Wildman–Crippen LogP) is 8.04. The molecule has 8 heterocycles. The van der Waals surface area contributed by atoms with E-state index in [0.717, 1.165) is 109 Å². The van der Waals surface area contributed by atoms with Gasteiger partial charge < -0.3 is 43.6 Å². The molecule has 0 aromatic carbocycles. The molecule has 6 spiro atoms. The van der Waals surface area contributed by atoms with Crippen molar-refractivity contribution in [2.75, 3.05) is 26.4 Å². The van der Waals surface area contributed by atoms with E-state index in [4.69, 9.17) is 23.4 Å². The molecule has 1 aromatic rings. The van der Waals surface area contributed by atoms with Gasteiger partial charge in [-0.25, -0.2) is 4.79 Å². The van der Waals surface area contributed by atoms with Crippen LogP contribution in [-0.2, 0) is 39.8 Å². The second kappa shape index (κ2) is 15.3. The van der Waals surface area contributed by atoms with Crippen molar-refractivity contribution in [1.82, 2.24) is 10.2 Å². The summed E-state index contributed by atoms with van der Waals surface area (Å²) in [5, 5.41) is 40.4. The molecular formula is C63H82N2O11. The summed E-state index contributed by atoms with van der Waals surface area (Å²) in [6, 6.07) is 2.45. The number of fused-ring (bicyclic) bond motifs is 5. The Bertz CT molecular complexity index is 2760. The van der Waals surface area contributed by atoms with Crippen LogP contribution in [0.2, 0.25) is 0 Å². The van der Waals surface area contributed by atoms with Crippen LogP contribution >= 0.6 is 0 Å². The number of allylic oxidation sites excluding steroid dienone is 1. The number of esters is 2. The highest BCUT2D eigenvalue weighted by Crippen LogP contribution is 2.92. The van der Waals surface area contributed by atoms with Crippen molar-refractivity contribution in [2.24, 2.45) is 91.7 Å². The quantitative estimate of drug-likeness (QED) is 0.117. The molecule has 1 aromatic heterocycles. The van der Waals surface area contributed by atoms with Gasteiger partial charge in [0.25, 0.3) is 0 Å². The lowest BCUT2D eigenvalue weighted by Gasteiger charge is -2.72. The molecule has 0 amide bonds. The molecule has 4 N–H and O–H groups in total. The molecule has 22 atom stereocenters. The normalized spacial score (nSPS) is 54.0. The molecule has 9 aliphatic carbocycles. The Balaban J connectivity index is 0.854. The van der Waals surface area contributed by atoms with E-state index in [9.17, 15) is 15.3 Å². The third-order valence-corrected chi connectivity index (χ3v) is 27.8. The number of ether oxygens (including phenoxy) is 4. The number of ketones is 1. The van der Waals surface area contributed by atoms with Gasteiger partial charge in [-0.1, -0.05) is 51.2 Å². The molecule has 22 unspecified atom stereocenters. The van der Waals surface area contributed by atoms with E-state index in [2.05, 4.69) is 42.4 Å². The summed E-state index contributed by atoms with van der Waals surface area (Å²) in [6.45, 7) is 5.98. The molecule has 13 heteroatoms. The van der Waals surface area contributed by atoms with Gasteiger partial charge in [0, 0.05) is 35.4 Å². The second-order valence-electron chi connectivity index (χ2n) is 29.8. The zero-order chi connectivity index (χ0) is 51.4. The van der Waals surface area contributed by atoms with Crippen molar-refractivity contribution >= 4 is 17.7 Å². The first-order valence-corrected chi connectivity index (χ1v) is 30.9. The summed E-state index contributed by atoms with van der Waals surface area (Å²) in [7, 11) is 0. The van der Waals surface area contributed by atoms with Gasteiger partial charge in [-0.15, -0.1) is 0 Å². The van der Waals surface area contributed by atoms with E-state index >= 15 is 14.4 Å².